The molecule has 0 spiro atoms. The van der Waals surface area contributed by atoms with Crippen LogP contribution in [-0.2, 0) is 11.2 Å². The maximum Gasteiger partial charge on any atom is 0.224 e. The molecule has 1 aliphatic carbocycles. The Kier molecular flexibility index (Phi) is 5.70. The molecule has 2 N–H and O–H groups in total. The van der Waals surface area contributed by atoms with Crippen LogP contribution in [0.1, 0.15) is 31.2 Å². The Morgan fingerprint density at radius 2 is 2.00 bits per heavy atom. The highest BCUT2D eigenvalue weighted by Gasteiger charge is 2.23. The monoisotopic (exact) mass is 315 g/mol. The Hall–Kier alpha value is -0.770. The number of hydrogen-bond donors (Lipinski definition) is 2. The number of nitrogens with one attached hydrogen (secondary N) is 1. The third-order valence-electron chi connectivity index (χ3n) is 3.78. The summed E-state index contributed by atoms with van der Waals surface area (Å²) in [6, 6.07) is 5.19. The van der Waals surface area contributed by atoms with E-state index in [4.69, 9.17) is 23.2 Å². The van der Waals surface area contributed by atoms with Gasteiger partial charge in [0.05, 0.1) is 22.6 Å². The largest absolute Gasteiger partial charge is 0.393 e. The molecule has 1 fully saturated rings. The van der Waals surface area contributed by atoms with Crippen molar-refractivity contribution in [1.29, 1.82) is 0 Å². The summed E-state index contributed by atoms with van der Waals surface area (Å²) < 4.78 is 0. The number of aliphatic hydroxyl groups is 1. The van der Waals surface area contributed by atoms with Gasteiger partial charge in [0.2, 0.25) is 5.91 Å². The highest BCUT2D eigenvalue weighted by molar-refractivity contribution is 6.42. The number of rotatable bonds is 4. The summed E-state index contributed by atoms with van der Waals surface area (Å²) in [5.74, 6) is 0.127. The van der Waals surface area contributed by atoms with Crippen LogP contribution in [0, 0.1) is 5.92 Å². The van der Waals surface area contributed by atoms with Gasteiger partial charge >= 0.3 is 0 Å². The van der Waals surface area contributed by atoms with Gasteiger partial charge in [0.15, 0.2) is 0 Å². The summed E-state index contributed by atoms with van der Waals surface area (Å²) >= 11 is 11.8. The molecule has 2 unspecified atom stereocenters. The Morgan fingerprint density at radius 3 is 2.70 bits per heavy atom. The van der Waals surface area contributed by atoms with E-state index in [-0.39, 0.29) is 24.3 Å². The molecule has 0 bridgehead atoms. The van der Waals surface area contributed by atoms with Crippen LogP contribution < -0.4 is 5.32 Å². The van der Waals surface area contributed by atoms with Gasteiger partial charge in [-0.1, -0.05) is 42.1 Å². The summed E-state index contributed by atoms with van der Waals surface area (Å²) in [6.07, 6.45) is 4.02. The van der Waals surface area contributed by atoms with Gasteiger partial charge in [-0.3, -0.25) is 4.79 Å². The van der Waals surface area contributed by atoms with Crippen molar-refractivity contribution >= 4 is 29.1 Å². The van der Waals surface area contributed by atoms with Crippen molar-refractivity contribution < 1.29 is 9.90 Å². The van der Waals surface area contributed by atoms with Crippen LogP contribution in [0.5, 0.6) is 0 Å². The van der Waals surface area contributed by atoms with E-state index in [2.05, 4.69) is 5.32 Å². The molecule has 0 aromatic heterocycles. The first-order valence-corrected chi connectivity index (χ1v) is 7.70. The van der Waals surface area contributed by atoms with E-state index in [1.165, 1.54) is 0 Å². The number of hydrogen-bond acceptors (Lipinski definition) is 2. The topological polar surface area (TPSA) is 49.3 Å². The molecule has 1 saturated carbocycles. The van der Waals surface area contributed by atoms with Crippen LogP contribution in [0.3, 0.4) is 0 Å². The van der Waals surface area contributed by atoms with Gasteiger partial charge in [-0.25, -0.2) is 0 Å². The van der Waals surface area contributed by atoms with Crippen LogP contribution in [0.4, 0.5) is 0 Å². The van der Waals surface area contributed by atoms with Crippen molar-refractivity contribution in [2.24, 2.45) is 5.92 Å². The van der Waals surface area contributed by atoms with Gasteiger partial charge in [-0.15, -0.1) is 0 Å². The minimum atomic E-state index is -0.283. The molecule has 0 aliphatic heterocycles. The quantitative estimate of drug-likeness (QED) is 0.896. The fourth-order valence-electron chi connectivity index (χ4n) is 2.57. The predicted octanol–water partition coefficient (Wildman–Crippen LogP) is 3.20. The van der Waals surface area contributed by atoms with Crippen molar-refractivity contribution in [3.8, 4) is 0 Å². The van der Waals surface area contributed by atoms with Crippen LogP contribution >= 0.6 is 23.2 Å². The lowest BCUT2D eigenvalue weighted by Crippen LogP contribution is -2.37. The molecule has 2 atom stereocenters. The van der Waals surface area contributed by atoms with Crippen molar-refractivity contribution in [3.63, 3.8) is 0 Å². The van der Waals surface area contributed by atoms with E-state index in [0.29, 0.717) is 16.6 Å². The van der Waals surface area contributed by atoms with Gasteiger partial charge in [0.1, 0.15) is 0 Å². The Bertz CT molecular complexity index is 479. The number of halogens is 2. The van der Waals surface area contributed by atoms with Gasteiger partial charge in [-0.2, -0.15) is 0 Å². The molecule has 1 amide bonds. The summed E-state index contributed by atoms with van der Waals surface area (Å²) in [7, 11) is 0. The number of aliphatic hydroxyl groups excluding tert-OH is 1. The number of carbonyl (C=O) groups excluding carboxylic acids is 1. The molecule has 0 radical (unpaired) electrons. The average molecular weight is 316 g/mol. The van der Waals surface area contributed by atoms with Crippen molar-refractivity contribution in [1.82, 2.24) is 5.32 Å². The minimum Gasteiger partial charge on any atom is -0.393 e. The summed E-state index contributed by atoms with van der Waals surface area (Å²) in [5, 5.41) is 13.7. The Labute approximate surface area is 129 Å². The molecular formula is C15H19Cl2NO2. The Balaban J connectivity index is 1.81. The number of benzene rings is 1. The fraction of sp³-hybridized carbons (Fsp3) is 0.533. The summed E-state index contributed by atoms with van der Waals surface area (Å²) in [6.45, 7) is 0.543. The lowest BCUT2D eigenvalue weighted by Gasteiger charge is -2.27. The average Bonchev–Trinajstić information content (AvgIpc) is 2.42. The highest BCUT2D eigenvalue weighted by Crippen LogP contribution is 2.24. The normalized spacial score (nSPS) is 22.6. The maximum absolute atomic E-state index is 11.9. The second-order valence-corrected chi connectivity index (χ2v) is 6.16. The van der Waals surface area contributed by atoms with Gasteiger partial charge in [0.25, 0.3) is 0 Å². The maximum atomic E-state index is 11.9. The zero-order valence-electron chi connectivity index (χ0n) is 11.2. The molecule has 0 heterocycles. The summed E-state index contributed by atoms with van der Waals surface area (Å²) in [5.41, 5.74) is 0.834. The first-order chi connectivity index (χ1) is 9.56. The molecule has 0 saturated heterocycles. The van der Waals surface area contributed by atoms with E-state index in [1.807, 2.05) is 0 Å². The molecule has 3 nitrogen and oxygen atoms in total. The van der Waals surface area contributed by atoms with E-state index in [9.17, 15) is 9.90 Å². The Morgan fingerprint density at radius 1 is 1.25 bits per heavy atom. The molecule has 1 aromatic carbocycles. The smallest absolute Gasteiger partial charge is 0.224 e. The van der Waals surface area contributed by atoms with Crippen LogP contribution in [0.25, 0.3) is 0 Å². The standard InChI is InChI=1S/C15H19Cl2NO2/c16-12-6-5-10(7-13(12)17)8-15(20)18-9-11-3-1-2-4-14(11)19/h5-7,11,14,19H,1-4,8-9H2,(H,18,20). The highest BCUT2D eigenvalue weighted by atomic mass is 35.5. The van der Waals surface area contributed by atoms with E-state index in [0.717, 1.165) is 31.2 Å². The van der Waals surface area contributed by atoms with Crippen molar-refractivity contribution in [2.45, 2.75) is 38.2 Å². The van der Waals surface area contributed by atoms with E-state index >= 15 is 0 Å². The number of carbonyl (C=O) groups is 1. The molecule has 1 aromatic rings. The third kappa shape index (κ3) is 4.37. The fourth-order valence-corrected chi connectivity index (χ4v) is 2.89. The van der Waals surface area contributed by atoms with Crippen LogP contribution in [-0.4, -0.2) is 23.7 Å². The van der Waals surface area contributed by atoms with Gasteiger partial charge < -0.3 is 10.4 Å². The van der Waals surface area contributed by atoms with E-state index < -0.39 is 0 Å². The predicted molar refractivity (Wildman–Crippen MR) is 81.1 cm³/mol. The van der Waals surface area contributed by atoms with E-state index in [1.54, 1.807) is 18.2 Å². The zero-order chi connectivity index (χ0) is 14.5. The van der Waals surface area contributed by atoms with Crippen LogP contribution in [0.15, 0.2) is 18.2 Å². The lowest BCUT2D eigenvalue weighted by atomic mass is 9.86. The number of amides is 1. The van der Waals surface area contributed by atoms with Crippen molar-refractivity contribution in [3.05, 3.63) is 33.8 Å². The second kappa shape index (κ2) is 7.30. The van der Waals surface area contributed by atoms with Gasteiger partial charge in [0, 0.05) is 12.5 Å². The van der Waals surface area contributed by atoms with Crippen LogP contribution in [0.2, 0.25) is 10.0 Å². The molecule has 2 rings (SSSR count). The first kappa shape index (κ1) is 15.6. The summed E-state index contributed by atoms with van der Waals surface area (Å²) in [4.78, 5) is 11.9. The lowest BCUT2D eigenvalue weighted by molar-refractivity contribution is -0.120. The molecule has 20 heavy (non-hydrogen) atoms. The second-order valence-electron chi connectivity index (χ2n) is 5.34. The molecule has 110 valence electrons. The molecular weight excluding hydrogens is 297 g/mol. The third-order valence-corrected chi connectivity index (χ3v) is 4.52. The zero-order valence-corrected chi connectivity index (χ0v) is 12.8. The van der Waals surface area contributed by atoms with Gasteiger partial charge in [-0.05, 0) is 30.5 Å². The molecule has 1 aliphatic rings. The van der Waals surface area contributed by atoms with Crippen molar-refractivity contribution in [2.75, 3.05) is 6.54 Å². The SMILES string of the molecule is O=C(Cc1ccc(Cl)c(Cl)c1)NCC1CCCCC1O. The molecule has 5 heteroatoms. The first-order valence-electron chi connectivity index (χ1n) is 6.95. The minimum absolute atomic E-state index is 0.0545.